The monoisotopic (exact) mass is 522 g/mol. The van der Waals surface area contributed by atoms with Gasteiger partial charge in [0, 0.05) is 11.5 Å². The number of carboxylic acid groups (broad SMARTS) is 2. The number of hydrogen-bond donors (Lipinski definition) is 4. The van der Waals surface area contributed by atoms with Gasteiger partial charge in [-0.25, -0.2) is 9.59 Å². The molecule has 0 radical (unpaired) electrons. The van der Waals surface area contributed by atoms with Gasteiger partial charge in [0.1, 0.15) is 22.1 Å². The second kappa shape index (κ2) is 9.74. The first-order chi connectivity index (χ1) is 16.2. The lowest BCUT2D eigenvalue weighted by Crippen LogP contribution is -2.70. The van der Waals surface area contributed by atoms with Crippen LogP contribution in [-0.2, 0) is 14.4 Å². The fraction of sp³-hybridized carbons (Fsp3) is 0.300. The van der Waals surface area contributed by atoms with E-state index in [9.17, 15) is 29.4 Å². The maximum absolute atomic E-state index is 12.8. The number of aliphatic carboxylic acids is 1. The Bertz CT molecular complexity index is 1200. The highest BCUT2D eigenvalue weighted by Crippen LogP contribution is 2.42. The second-order valence-electron chi connectivity index (χ2n) is 7.36. The van der Waals surface area contributed by atoms with E-state index < -0.39 is 41.3 Å². The Kier molecular flexibility index (Phi) is 6.93. The molecule has 2 aliphatic rings. The normalized spacial score (nSPS) is 20.4. The number of carboxylic acids is 2. The van der Waals surface area contributed by atoms with Gasteiger partial charge in [0.15, 0.2) is 10.4 Å². The van der Waals surface area contributed by atoms with Crippen molar-refractivity contribution in [1.29, 1.82) is 0 Å². The number of aliphatic hydroxyl groups is 1. The number of nitrogens with one attached hydrogen (secondary N) is 1. The van der Waals surface area contributed by atoms with Gasteiger partial charge < -0.3 is 20.6 Å². The first-order valence-corrected chi connectivity index (χ1v) is 12.7. The zero-order valence-electron chi connectivity index (χ0n) is 17.5. The van der Waals surface area contributed by atoms with E-state index in [1.165, 1.54) is 59.1 Å². The summed E-state index contributed by atoms with van der Waals surface area (Å²) in [6.45, 7) is 1.82. The van der Waals surface area contributed by atoms with Crippen molar-refractivity contribution in [1.82, 2.24) is 20.4 Å². The molecule has 11 nitrogen and oxygen atoms in total. The molecule has 34 heavy (non-hydrogen) atoms. The lowest BCUT2D eigenvalue weighted by Gasteiger charge is -2.49. The van der Waals surface area contributed by atoms with E-state index in [4.69, 9.17) is 5.11 Å². The highest BCUT2D eigenvalue weighted by atomic mass is 32.2. The first-order valence-electron chi connectivity index (χ1n) is 9.82. The molecule has 1 saturated heterocycles. The van der Waals surface area contributed by atoms with E-state index in [0.29, 0.717) is 21.4 Å². The zero-order chi connectivity index (χ0) is 24.6. The van der Waals surface area contributed by atoms with Gasteiger partial charge in [0.25, 0.3) is 11.8 Å². The molecule has 0 bridgehead atoms. The van der Waals surface area contributed by atoms with E-state index in [1.54, 1.807) is 0 Å². The van der Waals surface area contributed by atoms with E-state index in [2.05, 4.69) is 15.5 Å². The summed E-state index contributed by atoms with van der Waals surface area (Å²) in [5.74, 6) is -3.10. The van der Waals surface area contributed by atoms with Gasteiger partial charge in [-0.15, -0.1) is 22.0 Å². The fourth-order valence-corrected chi connectivity index (χ4v) is 6.77. The van der Waals surface area contributed by atoms with Crippen LogP contribution in [0, 0.1) is 6.92 Å². The van der Waals surface area contributed by atoms with Crippen LogP contribution in [0.5, 0.6) is 0 Å². The summed E-state index contributed by atoms with van der Waals surface area (Å²) in [6.07, 6.45) is -1.62. The summed E-state index contributed by atoms with van der Waals surface area (Å²) in [6, 6.07) is 4.15. The molecular formula is C20H18N4O7S3. The number of aromatic carboxylic acids is 1. The molecule has 2 aliphatic heterocycles. The largest absolute Gasteiger partial charge is 0.478 e. The van der Waals surface area contributed by atoms with Crippen LogP contribution in [0.3, 0.4) is 0 Å². The number of aromatic nitrogens is 2. The van der Waals surface area contributed by atoms with Crippen LogP contribution in [-0.4, -0.2) is 77.1 Å². The third kappa shape index (κ3) is 4.66. The summed E-state index contributed by atoms with van der Waals surface area (Å²) < 4.78 is 0.701. The van der Waals surface area contributed by atoms with Crippen molar-refractivity contribution in [2.45, 2.75) is 28.8 Å². The number of carbonyl (C=O) groups excluding carboxylic acids is 2. The molecule has 1 aromatic heterocycles. The predicted molar refractivity (Wildman–Crippen MR) is 123 cm³/mol. The average molecular weight is 523 g/mol. The summed E-state index contributed by atoms with van der Waals surface area (Å²) in [4.78, 5) is 49.4. The summed E-state index contributed by atoms with van der Waals surface area (Å²) in [5, 5.41) is 39.6. The quantitative estimate of drug-likeness (QED) is 0.289. The van der Waals surface area contributed by atoms with Crippen molar-refractivity contribution in [2.24, 2.45) is 0 Å². The summed E-state index contributed by atoms with van der Waals surface area (Å²) in [7, 11) is 0. The van der Waals surface area contributed by atoms with Crippen molar-refractivity contribution in [3.8, 4) is 0 Å². The molecule has 0 saturated carbocycles. The molecule has 2 aromatic rings. The molecule has 0 aliphatic carbocycles. The van der Waals surface area contributed by atoms with Gasteiger partial charge in [-0.2, -0.15) is 0 Å². The molecule has 178 valence electrons. The van der Waals surface area contributed by atoms with Gasteiger partial charge in [-0.05, 0) is 30.2 Å². The Morgan fingerprint density at radius 1 is 1.21 bits per heavy atom. The van der Waals surface area contributed by atoms with Gasteiger partial charge in [0.05, 0.1) is 5.56 Å². The SMILES string of the molecule is Cc1nnc(SCC2=C(C(=O)O)N3C(=O)C(NC(=O)C(O)c4ccc(C(=O)O)cc4)[C@H]3SC2)s1. The maximum atomic E-state index is 12.8. The molecular weight excluding hydrogens is 504 g/mol. The van der Waals surface area contributed by atoms with Crippen molar-refractivity contribution in [3.63, 3.8) is 0 Å². The number of benzene rings is 1. The molecule has 14 heteroatoms. The Hall–Kier alpha value is -2.94. The highest BCUT2D eigenvalue weighted by Gasteiger charge is 2.54. The standard InChI is InChI=1S/C20H18N4O7S3/c1-8-22-23-20(34-8)33-7-11-6-32-17-12(16(27)24(17)13(11)19(30)31)21-15(26)14(25)9-2-4-10(5-3-9)18(28)29/h2-5,12,14,17,25H,6-7H2,1H3,(H,21,26)(H,28,29)(H,30,31)/t12?,14?,17-/m1/s1. The average Bonchev–Trinajstić information content (AvgIpc) is 3.24. The number of hydrogen-bond acceptors (Lipinski definition) is 10. The Balaban J connectivity index is 1.43. The van der Waals surface area contributed by atoms with E-state index in [1.807, 2.05) is 6.92 Å². The third-order valence-corrected chi connectivity index (χ3v) is 8.54. The molecule has 2 amide bonds. The smallest absolute Gasteiger partial charge is 0.352 e. The number of β-lactam (4-membered cyclic amide) rings is 1. The number of carbonyl (C=O) groups is 4. The minimum Gasteiger partial charge on any atom is -0.478 e. The number of amides is 2. The molecule has 2 unspecified atom stereocenters. The lowest BCUT2D eigenvalue weighted by atomic mass is 10.0. The van der Waals surface area contributed by atoms with Crippen LogP contribution >= 0.6 is 34.9 Å². The number of aliphatic hydroxyl groups excluding tert-OH is 1. The molecule has 4 N–H and O–H groups in total. The topological polar surface area (TPSA) is 170 Å². The minimum absolute atomic E-state index is 0.00277. The van der Waals surface area contributed by atoms with Crippen molar-refractivity contribution in [2.75, 3.05) is 11.5 Å². The number of fused-ring (bicyclic) bond motifs is 1. The van der Waals surface area contributed by atoms with Gasteiger partial charge in [-0.1, -0.05) is 35.2 Å². The van der Waals surface area contributed by atoms with Gasteiger partial charge in [0.2, 0.25) is 0 Å². The van der Waals surface area contributed by atoms with Crippen molar-refractivity contribution < 1.29 is 34.5 Å². The van der Waals surface area contributed by atoms with E-state index >= 15 is 0 Å². The number of thioether (sulfide) groups is 2. The molecule has 4 rings (SSSR count). The Morgan fingerprint density at radius 2 is 1.91 bits per heavy atom. The minimum atomic E-state index is -1.62. The molecule has 1 aromatic carbocycles. The van der Waals surface area contributed by atoms with Crippen molar-refractivity contribution >= 4 is 58.6 Å². The van der Waals surface area contributed by atoms with Crippen LogP contribution in [0.25, 0.3) is 0 Å². The second-order valence-corrected chi connectivity index (χ2v) is 10.9. The molecule has 3 atom stereocenters. The van der Waals surface area contributed by atoms with Crippen LogP contribution in [0.15, 0.2) is 39.9 Å². The maximum Gasteiger partial charge on any atom is 0.352 e. The predicted octanol–water partition coefficient (Wildman–Crippen LogP) is 1.11. The number of rotatable bonds is 8. The summed E-state index contributed by atoms with van der Waals surface area (Å²) >= 11 is 4.07. The number of nitrogens with zero attached hydrogens (tertiary/aromatic N) is 3. The van der Waals surface area contributed by atoms with Gasteiger partial charge >= 0.3 is 11.9 Å². The number of aryl methyl sites for hydroxylation is 1. The van der Waals surface area contributed by atoms with Crippen LogP contribution in [0.2, 0.25) is 0 Å². The highest BCUT2D eigenvalue weighted by molar-refractivity contribution is 8.01. The first kappa shape index (κ1) is 24.2. The van der Waals surface area contributed by atoms with E-state index in [0.717, 1.165) is 9.91 Å². The van der Waals surface area contributed by atoms with Crippen LogP contribution < -0.4 is 5.32 Å². The third-order valence-electron chi connectivity index (χ3n) is 5.15. The zero-order valence-corrected chi connectivity index (χ0v) is 19.9. The van der Waals surface area contributed by atoms with Gasteiger partial charge in [-0.3, -0.25) is 14.5 Å². The van der Waals surface area contributed by atoms with Crippen LogP contribution in [0.4, 0.5) is 0 Å². The van der Waals surface area contributed by atoms with E-state index in [-0.39, 0.29) is 16.8 Å². The summed E-state index contributed by atoms with van der Waals surface area (Å²) in [5.41, 5.74) is 0.642. The molecule has 3 heterocycles. The van der Waals surface area contributed by atoms with Crippen molar-refractivity contribution in [3.05, 3.63) is 51.7 Å². The Morgan fingerprint density at radius 3 is 2.50 bits per heavy atom. The molecule has 0 spiro atoms. The lowest BCUT2D eigenvalue weighted by molar-refractivity contribution is -0.151. The fourth-order valence-electron chi connectivity index (χ4n) is 3.47. The molecule has 1 fully saturated rings. The Labute approximate surface area is 205 Å². The van der Waals surface area contributed by atoms with Crippen LogP contribution in [0.1, 0.15) is 27.0 Å².